The Morgan fingerprint density at radius 2 is 2.06 bits per heavy atom. The lowest BCUT2D eigenvalue weighted by atomic mass is 9.87. The highest BCUT2D eigenvalue weighted by Gasteiger charge is 2.21. The molecule has 0 aromatic heterocycles. The maximum Gasteiger partial charge on any atom is 0.122 e. The molecule has 1 aliphatic heterocycles. The molecule has 0 saturated heterocycles. The number of hydrogen-bond donors (Lipinski definition) is 1. The van der Waals surface area contributed by atoms with Gasteiger partial charge >= 0.3 is 0 Å². The molecule has 18 heavy (non-hydrogen) atoms. The van der Waals surface area contributed by atoms with Gasteiger partial charge in [-0.1, -0.05) is 0 Å². The van der Waals surface area contributed by atoms with Gasteiger partial charge in [0.15, 0.2) is 0 Å². The Balaban J connectivity index is 1.62. The molecule has 1 N–H and O–H groups in total. The summed E-state index contributed by atoms with van der Waals surface area (Å²) in [7, 11) is 0. The molecule has 0 radical (unpaired) electrons. The van der Waals surface area contributed by atoms with Crippen LogP contribution in [0.3, 0.4) is 0 Å². The van der Waals surface area contributed by atoms with Gasteiger partial charge in [0, 0.05) is 24.1 Å². The molecule has 1 saturated carbocycles. The molecule has 3 nitrogen and oxygen atoms in total. The number of nitrogens with zero attached hydrogens (tertiary/aromatic N) is 1. The van der Waals surface area contributed by atoms with Crippen molar-refractivity contribution in [3.63, 3.8) is 0 Å². The molecular formula is C15H18N2O. The number of rotatable bonds is 2. The topological polar surface area (TPSA) is 45.0 Å². The fraction of sp³-hybridized carbons (Fsp3) is 0.533. The Morgan fingerprint density at radius 3 is 2.83 bits per heavy atom. The summed E-state index contributed by atoms with van der Waals surface area (Å²) in [5, 5.41) is 12.5. The van der Waals surface area contributed by atoms with Gasteiger partial charge in [-0.3, -0.25) is 0 Å². The highest BCUT2D eigenvalue weighted by atomic mass is 16.5. The predicted octanol–water partition coefficient (Wildman–Crippen LogP) is 3.12. The van der Waals surface area contributed by atoms with Crippen LogP contribution in [0.4, 0.5) is 5.69 Å². The van der Waals surface area contributed by atoms with E-state index in [4.69, 9.17) is 10.00 Å². The van der Waals surface area contributed by atoms with E-state index in [1.165, 1.54) is 11.3 Å². The first kappa shape index (κ1) is 11.4. The number of anilines is 1. The van der Waals surface area contributed by atoms with Crippen LogP contribution in [0.25, 0.3) is 0 Å². The van der Waals surface area contributed by atoms with Crippen LogP contribution in [-0.4, -0.2) is 12.6 Å². The van der Waals surface area contributed by atoms with E-state index in [0.717, 1.165) is 44.5 Å². The predicted molar refractivity (Wildman–Crippen MR) is 70.6 cm³/mol. The molecule has 0 bridgehead atoms. The van der Waals surface area contributed by atoms with Gasteiger partial charge in [0.1, 0.15) is 5.75 Å². The Morgan fingerprint density at radius 1 is 1.22 bits per heavy atom. The van der Waals surface area contributed by atoms with E-state index in [1.54, 1.807) is 0 Å². The van der Waals surface area contributed by atoms with Gasteiger partial charge < -0.3 is 10.1 Å². The summed E-state index contributed by atoms with van der Waals surface area (Å²) < 4.78 is 5.51. The second kappa shape index (κ2) is 4.89. The van der Waals surface area contributed by atoms with Gasteiger partial charge in [-0.15, -0.1) is 0 Å². The van der Waals surface area contributed by atoms with Crippen LogP contribution in [0.15, 0.2) is 18.2 Å². The van der Waals surface area contributed by atoms with Gasteiger partial charge in [0.25, 0.3) is 0 Å². The lowest BCUT2D eigenvalue weighted by Crippen LogP contribution is -2.25. The molecule has 0 atom stereocenters. The number of nitriles is 1. The van der Waals surface area contributed by atoms with Gasteiger partial charge in [-0.05, 0) is 49.4 Å². The van der Waals surface area contributed by atoms with E-state index in [9.17, 15) is 0 Å². The zero-order valence-corrected chi connectivity index (χ0v) is 10.5. The van der Waals surface area contributed by atoms with Crippen LogP contribution in [-0.2, 0) is 6.42 Å². The molecule has 0 amide bonds. The van der Waals surface area contributed by atoms with Gasteiger partial charge in [-0.2, -0.15) is 5.26 Å². The average molecular weight is 242 g/mol. The number of hydrogen-bond acceptors (Lipinski definition) is 3. The first-order valence-corrected chi connectivity index (χ1v) is 6.77. The second-order valence-electron chi connectivity index (χ2n) is 5.24. The Bertz CT molecular complexity index is 470. The molecule has 1 aliphatic carbocycles. The zero-order valence-electron chi connectivity index (χ0n) is 10.5. The van der Waals surface area contributed by atoms with Crippen LogP contribution in [0, 0.1) is 17.2 Å². The fourth-order valence-electron chi connectivity index (χ4n) is 2.88. The normalized spacial score (nSPS) is 25.9. The number of ether oxygens (including phenoxy) is 1. The van der Waals surface area contributed by atoms with Crippen molar-refractivity contribution in [1.82, 2.24) is 0 Å². The molecule has 1 fully saturated rings. The van der Waals surface area contributed by atoms with Crippen LogP contribution in [0.1, 0.15) is 31.2 Å². The third-order valence-electron chi connectivity index (χ3n) is 3.97. The lowest BCUT2D eigenvalue weighted by molar-refractivity contribution is 0.357. The largest absolute Gasteiger partial charge is 0.493 e. The van der Waals surface area contributed by atoms with Crippen LogP contribution >= 0.6 is 0 Å². The monoisotopic (exact) mass is 242 g/mol. The number of fused-ring (bicyclic) bond motifs is 1. The summed E-state index contributed by atoms with van der Waals surface area (Å²) in [4.78, 5) is 0. The molecule has 1 aromatic rings. The minimum atomic E-state index is 0.275. The van der Waals surface area contributed by atoms with Crippen molar-refractivity contribution in [3.8, 4) is 11.8 Å². The summed E-state index contributed by atoms with van der Waals surface area (Å²) in [6, 6.07) is 9.27. The summed E-state index contributed by atoms with van der Waals surface area (Å²) in [6.07, 6.45) is 5.29. The Kier molecular flexibility index (Phi) is 3.10. The summed E-state index contributed by atoms with van der Waals surface area (Å²) in [6.45, 7) is 0.812. The van der Waals surface area contributed by atoms with E-state index in [0.29, 0.717) is 6.04 Å². The molecule has 0 spiro atoms. The minimum Gasteiger partial charge on any atom is -0.493 e. The Hall–Kier alpha value is -1.69. The minimum absolute atomic E-state index is 0.275. The summed E-state index contributed by atoms with van der Waals surface area (Å²) >= 11 is 0. The van der Waals surface area contributed by atoms with Crippen LogP contribution < -0.4 is 10.1 Å². The van der Waals surface area contributed by atoms with E-state index >= 15 is 0 Å². The average Bonchev–Trinajstić information content (AvgIpc) is 2.87. The quantitative estimate of drug-likeness (QED) is 0.866. The Labute approximate surface area is 108 Å². The first-order chi connectivity index (χ1) is 8.85. The van der Waals surface area contributed by atoms with Crippen LogP contribution in [0.2, 0.25) is 0 Å². The summed E-state index contributed by atoms with van der Waals surface area (Å²) in [5.74, 6) is 1.31. The van der Waals surface area contributed by atoms with Crippen molar-refractivity contribution >= 4 is 5.69 Å². The highest BCUT2D eigenvalue weighted by Crippen LogP contribution is 2.30. The molecule has 2 aliphatic rings. The lowest BCUT2D eigenvalue weighted by Gasteiger charge is -2.26. The van der Waals surface area contributed by atoms with Crippen molar-refractivity contribution in [3.05, 3.63) is 23.8 Å². The van der Waals surface area contributed by atoms with Crippen molar-refractivity contribution < 1.29 is 4.74 Å². The highest BCUT2D eigenvalue weighted by molar-refractivity contribution is 5.53. The van der Waals surface area contributed by atoms with Crippen LogP contribution in [0.5, 0.6) is 5.75 Å². The van der Waals surface area contributed by atoms with E-state index < -0.39 is 0 Å². The van der Waals surface area contributed by atoms with Crippen molar-refractivity contribution in [1.29, 1.82) is 5.26 Å². The smallest absolute Gasteiger partial charge is 0.122 e. The molecular weight excluding hydrogens is 224 g/mol. The molecule has 0 unspecified atom stereocenters. The van der Waals surface area contributed by atoms with Gasteiger partial charge in [-0.25, -0.2) is 0 Å². The van der Waals surface area contributed by atoms with E-state index in [1.807, 2.05) is 0 Å². The summed E-state index contributed by atoms with van der Waals surface area (Å²) in [5.41, 5.74) is 2.50. The van der Waals surface area contributed by atoms with Gasteiger partial charge in [0.2, 0.25) is 0 Å². The molecule has 94 valence electrons. The molecule has 1 aromatic carbocycles. The van der Waals surface area contributed by atoms with Crippen molar-refractivity contribution in [2.45, 2.75) is 38.1 Å². The number of benzene rings is 1. The van der Waals surface area contributed by atoms with E-state index in [-0.39, 0.29) is 5.92 Å². The van der Waals surface area contributed by atoms with Gasteiger partial charge in [0.05, 0.1) is 12.7 Å². The maximum absolute atomic E-state index is 8.89. The fourth-order valence-corrected chi connectivity index (χ4v) is 2.88. The standard InChI is InChI=1S/C15H18N2O/c16-10-11-1-3-13(4-2-11)17-14-5-6-15-12(9-14)7-8-18-15/h5-6,9,11,13,17H,1-4,7-8H2. The molecule has 3 heteroatoms. The second-order valence-corrected chi connectivity index (χ2v) is 5.24. The van der Waals surface area contributed by atoms with Crippen molar-refractivity contribution in [2.75, 3.05) is 11.9 Å². The molecule has 1 heterocycles. The third kappa shape index (κ3) is 2.28. The zero-order chi connectivity index (χ0) is 12.4. The molecule has 3 rings (SSSR count). The van der Waals surface area contributed by atoms with Crippen molar-refractivity contribution in [2.24, 2.45) is 5.92 Å². The SMILES string of the molecule is N#CC1CCC(Nc2ccc3c(c2)CCO3)CC1. The van der Waals surface area contributed by atoms with E-state index in [2.05, 4.69) is 29.6 Å². The first-order valence-electron chi connectivity index (χ1n) is 6.77. The maximum atomic E-state index is 8.89. The number of nitrogens with one attached hydrogen (secondary N) is 1. The third-order valence-corrected chi connectivity index (χ3v) is 3.97.